The van der Waals surface area contributed by atoms with Crippen LogP contribution in [0.25, 0.3) is 0 Å². The normalized spacial score (nSPS) is 17.6. The van der Waals surface area contributed by atoms with Gasteiger partial charge in [-0.05, 0) is 36.2 Å². The minimum absolute atomic E-state index is 0. The molecule has 2 N–H and O–H groups in total. The van der Waals surface area contributed by atoms with Crippen molar-refractivity contribution >= 4 is 35.6 Å². The van der Waals surface area contributed by atoms with Gasteiger partial charge in [0.25, 0.3) is 0 Å². The first kappa shape index (κ1) is 19.7. The molecule has 134 valence electrons. The zero-order valence-electron chi connectivity index (χ0n) is 14.0. The van der Waals surface area contributed by atoms with E-state index in [1.807, 2.05) is 31.3 Å². The van der Waals surface area contributed by atoms with E-state index in [-0.39, 0.29) is 24.4 Å². The molecule has 25 heavy (non-hydrogen) atoms. The van der Waals surface area contributed by atoms with E-state index in [0.29, 0.717) is 11.6 Å². The molecule has 0 saturated carbocycles. The molecule has 2 heterocycles. The average molecular weight is 381 g/mol. The molecule has 0 bridgehead atoms. The van der Waals surface area contributed by atoms with E-state index in [2.05, 4.69) is 26.6 Å². The van der Waals surface area contributed by atoms with Gasteiger partial charge in [0.05, 0.1) is 6.54 Å². The second-order valence-corrected chi connectivity index (χ2v) is 6.40. The predicted octanol–water partition coefficient (Wildman–Crippen LogP) is 3.05. The van der Waals surface area contributed by atoms with E-state index in [1.165, 1.54) is 0 Å². The maximum Gasteiger partial charge on any atom is 0.238 e. The quantitative estimate of drug-likeness (QED) is 0.855. The summed E-state index contributed by atoms with van der Waals surface area (Å²) in [6.07, 6.45) is 3.63. The summed E-state index contributed by atoms with van der Waals surface area (Å²) in [5.41, 5.74) is 2.84. The third-order valence-corrected chi connectivity index (χ3v) is 4.63. The van der Waals surface area contributed by atoms with Crippen LogP contribution in [0, 0.1) is 6.92 Å². The van der Waals surface area contributed by atoms with Crippen LogP contribution in [0.4, 0.5) is 5.69 Å². The lowest BCUT2D eigenvalue weighted by Gasteiger charge is -2.35. The predicted molar refractivity (Wildman–Crippen MR) is 103 cm³/mol. The number of hydrogen-bond donors (Lipinski definition) is 2. The maximum absolute atomic E-state index is 12.4. The highest BCUT2D eigenvalue weighted by Crippen LogP contribution is 2.22. The Morgan fingerprint density at radius 1 is 1.44 bits per heavy atom. The fourth-order valence-electron chi connectivity index (χ4n) is 2.89. The van der Waals surface area contributed by atoms with Crippen LogP contribution in [0.5, 0.6) is 0 Å². The van der Waals surface area contributed by atoms with Crippen molar-refractivity contribution in [2.45, 2.75) is 13.0 Å². The average Bonchev–Trinajstić information content (AvgIpc) is 2.59. The van der Waals surface area contributed by atoms with Crippen molar-refractivity contribution in [3.05, 3.63) is 58.9 Å². The van der Waals surface area contributed by atoms with Crippen molar-refractivity contribution < 1.29 is 4.79 Å². The van der Waals surface area contributed by atoms with Gasteiger partial charge in [0.1, 0.15) is 0 Å². The number of anilines is 1. The Labute approximate surface area is 159 Å². The summed E-state index contributed by atoms with van der Waals surface area (Å²) >= 11 is 6.12. The number of piperazine rings is 1. The monoisotopic (exact) mass is 380 g/mol. The topological polar surface area (TPSA) is 57.3 Å². The highest BCUT2D eigenvalue weighted by Gasteiger charge is 2.25. The molecule has 1 amide bonds. The van der Waals surface area contributed by atoms with Gasteiger partial charge in [-0.1, -0.05) is 23.7 Å². The molecule has 1 aliphatic rings. The molecule has 0 spiro atoms. The third kappa shape index (κ3) is 5.16. The van der Waals surface area contributed by atoms with Gasteiger partial charge in [0.2, 0.25) is 5.91 Å². The van der Waals surface area contributed by atoms with E-state index in [9.17, 15) is 4.79 Å². The van der Waals surface area contributed by atoms with Crippen molar-refractivity contribution in [3.8, 4) is 0 Å². The number of pyridine rings is 1. The lowest BCUT2D eigenvalue weighted by Crippen LogP contribution is -2.48. The molecule has 1 unspecified atom stereocenters. The summed E-state index contributed by atoms with van der Waals surface area (Å²) in [5, 5.41) is 6.97. The Balaban J connectivity index is 0.00000225. The molecule has 1 aliphatic heterocycles. The van der Waals surface area contributed by atoms with E-state index in [0.717, 1.165) is 36.4 Å². The zero-order chi connectivity index (χ0) is 16.9. The van der Waals surface area contributed by atoms with Gasteiger partial charge in [0, 0.05) is 48.8 Å². The van der Waals surface area contributed by atoms with Gasteiger partial charge in [-0.3, -0.25) is 14.7 Å². The number of carbonyl (C=O) groups is 1. The number of amides is 1. The van der Waals surface area contributed by atoms with Crippen LogP contribution in [0.2, 0.25) is 5.02 Å². The molecule has 3 rings (SSSR count). The SMILES string of the molecule is Cc1ccc(NC(=O)CN2CCNCC2c2cccnc2)cc1Cl.Cl. The molecule has 1 fully saturated rings. The van der Waals surface area contributed by atoms with Crippen molar-refractivity contribution in [3.63, 3.8) is 0 Å². The van der Waals surface area contributed by atoms with Crippen LogP contribution in [0.15, 0.2) is 42.7 Å². The smallest absolute Gasteiger partial charge is 0.238 e. The van der Waals surface area contributed by atoms with E-state index < -0.39 is 0 Å². The first-order chi connectivity index (χ1) is 11.6. The minimum atomic E-state index is -0.0364. The molecule has 1 saturated heterocycles. The zero-order valence-corrected chi connectivity index (χ0v) is 15.6. The second kappa shape index (κ2) is 9.15. The Morgan fingerprint density at radius 2 is 2.28 bits per heavy atom. The van der Waals surface area contributed by atoms with E-state index in [1.54, 1.807) is 12.3 Å². The Hall–Kier alpha value is -1.66. The van der Waals surface area contributed by atoms with Crippen LogP contribution in [-0.4, -0.2) is 42.0 Å². The first-order valence-electron chi connectivity index (χ1n) is 8.04. The summed E-state index contributed by atoms with van der Waals surface area (Å²) in [7, 11) is 0. The molecule has 0 aliphatic carbocycles. The molecule has 5 nitrogen and oxygen atoms in total. The molecule has 7 heteroatoms. The molecule has 2 aromatic rings. The number of aromatic nitrogens is 1. The number of halogens is 2. The molecule has 0 radical (unpaired) electrons. The van der Waals surface area contributed by atoms with Gasteiger partial charge < -0.3 is 10.6 Å². The number of carbonyl (C=O) groups excluding carboxylic acids is 1. The lowest BCUT2D eigenvalue weighted by atomic mass is 10.1. The van der Waals surface area contributed by atoms with Crippen molar-refractivity contribution in [1.82, 2.24) is 15.2 Å². The van der Waals surface area contributed by atoms with Crippen molar-refractivity contribution in [2.75, 3.05) is 31.5 Å². The van der Waals surface area contributed by atoms with E-state index in [4.69, 9.17) is 11.6 Å². The molecular weight excluding hydrogens is 359 g/mol. The van der Waals surface area contributed by atoms with E-state index >= 15 is 0 Å². The Kier molecular flexibility index (Phi) is 7.20. The molecule has 1 aromatic carbocycles. The third-order valence-electron chi connectivity index (χ3n) is 4.23. The number of aryl methyl sites for hydroxylation is 1. The van der Waals surface area contributed by atoms with Crippen molar-refractivity contribution in [2.24, 2.45) is 0 Å². The largest absolute Gasteiger partial charge is 0.325 e. The van der Waals surface area contributed by atoms with Gasteiger partial charge in [-0.2, -0.15) is 0 Å². The van der Waals surface area contributed by atoms with Crippen molar-refractivity contribution in [1.29, 1.82) is 0 Å². The fraction of sp³-hybridized carbons (Fsp3) is 0.333. The van der Waals surface area contributed by atoms with Gasteiger partial charge in [0.15, 0.2) is 0 Å². The maximum atomic E-state index is 12.4. The van der Waals surface area contributed by atoms with Crippen LogP contribution in [0.3, 0.4) is 0 Å². The summed E-state index contributed by atoms with van der Waals surface area (Å²) in [6.45, 7) is 4.79. The first-order valence-corrected chi connectivity index (χ1v) is 8.42. The molecule has 1 atom stereocenters. The Bertz CT molecular complexity index is 711. The fourth-order valence-corrected chi connectivity index (χ4v) is 3.07. The van der Waals surface area contributed by atoms with Crippen LogP contribution in [-0.2, 0) is 4.79 Å². The molecular formula is C18H22Cl2N4O. The summed E-state index contributed by atoms with van der Waals surface area (Å²) in [5.74, 6) is -0.0364. The minimum Gasteiger partial charge on any atom is -0.325 e. The number of nitrogens with one attached hydrogen (secondary N) is 2. The van der Waals surface area contributed by atoms with Crippen LogP contribution >= 0.6 is 24.0 Å². The molecule has 1 aromatic heterocycles. The highest BCUT2D eigenvalue weighted by molar-refractivity contribution is 6.31. The number of nitrogens with zero attached hydrogens (tertiary/aromatic N) is 2. The van der Waals surface area contributed by atoms with Gasteiger partial charge >= 0.3 is 0 Å². The summed E-state index contributed by atoms with van der Waals surface area (Å²) in [4.78, 5) is 18.8. The summed E-state index contributed by atoms with van der Waals surface area (Å²) < 4.78 is 0. The number of rotatable bonds is 4. The summed E-state index contributed by atoms with van der Waals surface area (Å²) in [6, 6.07) is 9.69. The highest BCUT2D eigenvalue weighted by atomic mass is 35.5. The van der Waals surface area contributed by atoms with Crippen LogP contribution < -0.4 is 10.6 Å². The number of hydrogen-bond acceptors (Lipinski definition) is 4. The lowest BCUT2D eigenvalue weighted by molar-refractivity contribution is -0.118. The van der Waals surface area contributed by atoms with Crippen LogP contribution in [0.1, 0.15) is 17.2 Å². The number of benzene rings is 1. The second-order valence-electron chi connectivity index (χ2n) is 5.99. The van der Waals surface area contributed by atoms with Gasteiger partial charge in [-0.15, -0.1) is 12.4 Å². The standard InChI is InChI=1S/C18H21ClN4O.ClH/c1-13-4-5-15(9-16(13)19)22-18(24)12-23-8-7-21-11-17(23)14-3-2-6-20-10-14;/h2-6,9-10,17,21H,7-8,11-12H2,1H3,(H,22,24);1H. The van der Waals surface area contributed by atoms with Gasteiger partial charge in [-0.25, -0.2) is 0 Å². The Morgan fingerprint density at radius 3 is 3.00 bits per heavy atom.